The number of benzene rings is 2. The minimum absolute atomic E-state index is 0.775. The summed E-state index contributed by atoms with van der Waals surface area (Å²) in [5.74, 6) is 0.775. The highest BCUT2D eigenvalue weighted by atomic mass is 79.9. The summed E-state index contributed by atoms with van der Waals surface area (Å²) < 4.78 is 8.46. The van der Waals surface area contributed by atoms with Crippen LogP contribution in [0.5, 0.6) is 5.75 Å². The van der Waals surface area contributed by atoms with Crippen molar-refractivity contribution in [1.29, 1.82) is 0 Å². The maximum atomic E-state index is 5.47. The van der Waals surface area contributed by atoms with Crippen molar-refractivity contribution in [2.24, 2.45) is 0 Å². The summed E-state index contributed by atoms with van der Waals surface area (Å²) in [6, 6.07) is 14.1. The molecule has 0 fully saturated rings. The Bertz CT molecular complexity index is 1090. The fourth-order valence-corrected chi connectivity index (χ4v) is 3.22. The molecule has 0 bridgehead atoms. The third-order valence-corrected chi connectivity index (χ3v) is 4.61. The van der Waals surface area contributed by atoms with Gasteiger partial charge in [0.05, 0.1) is 30.3 Å². The number of hydrogen-bond acceptors (Lipinski definition) is 4. The van der Waals surface area contributed by atoms with Gasteiger partial charge in [-0.2, -0.15) is 0 Å². The van der Waals surface area contributed by atoms with Crippen molar-refractivity contribution in [1.82, 2.24) is 14.5 Å². The van der Waals surface area contributed by atoms with E-state index in [0.29, 0.717) is 0 Å². The molecule has 4 aromatic rings. The Labute approximate surface area is 159 Å². The first-order valence-corrected chi connectivity index (χ1v) is 8.93. The summed E-state index contributed by atoms with van der Waals surface area (Å²) in [5.41, 5.74) is 4.80. The molecule has 2 aromatic carbocycles. The van der Waals surface area contributed by atoms with E-state index in [4.69, 9.17) is 4.74 Å². The Morgan fingerprint density at radius 3 is 2.73 bits per heavy atom. The van der Waals surface area contributed by atoms with Crippen molar-refractivity contribution in [3.8, 4) is 11.4 Å². The van der Waals surface area contributed by atoms with Gasteiger partial charge in [-0.3, -0.25) is 4.98 Å². The predicted octanol–water partition coefficient (Wildman–Crippen LogP) is 5.24. The number of aryl methyl sites for hydroxylation is 1. The van der Waals surface area contributed by atoms with Crippen molar-refractivity contribution >= 4 is 38.2 Å². The molecule has 2 aromatic heterocycles. The molecule has 0 saturated heterocycles. The standard InChI is InChI=1S/C20H17BrN4O/c1-13-11-25(12-23-13)16-8-15(9-17(10-16)26-2)24-19-5-6-22-20-7-14(21)3-4-18(19)20/h3-12H,1-2H3,(H,22,24). The molecule has 0 atom stereocenters. The van der Waals surface area contributed by atoms with Crippen LogP contribution < -0.4 is 10.1 Å². The van der Waals surface area contributed by atoms with Crippen molar-refractivity contribution in [2.45, 2.75) is 6.92 Å². The second kappa shape index (κ2) is 6.80. The van der Waals surface area contributed by atoms with Gasteiger partial charge in [-0.25, -0.2) is 4.98 Å². The lowest BCUT2D eigenvalue weighted by molar-refractivity contribution is 0.415. The van der Waals surface area contributed by atoms with Crippen LogP contribution >= 0.6 is 15.9 Å². The van der Waals surface area contributed by atoms with Crippen LogP contribution in [0.2, 0.25) is 0 Å². The van der Waals surface area contributed by atoms with E-state index in [1.165, 1.54) is 0 Å². The smallest absolute Gasteiger partial charge is 0.123 e. The Morgan fingerprint density at radius 2 is 1.96 bits per heavy atom. The van der Waals surface area contributed by atoms with Gasteiger partial charge in [0.2, 0.25) is 0 Å². The molecule has 0 saturated carbocycles. The topological polar surface area (TPSA) is 52.0 Å². The molecular formula is C20H17BrN4O. The lowest BCUT2D eigenvalue weighted by Gasteiger charge is -2.13. The van der Waals surface area contributed by atoms with E-state index in [1.807, 2.05) is 48.0 Å². The van der Waals surface area contributed by atoms with Gasteiger partial charge in [0, 0.05) is 45.8 Å². The molecule has 4 rings (SSSR count). The van der Waals surface area contributed by atoms with Crippen LogP contribution in [0.4, 0.5) is 11.4 Å². The molecule has 0 aliphatic rings. The number of ether oxygens (including phenoxy) is 1. The number of fused-ring (bicyclic) bond motifs is 1. The van der Waals surface area contributed by atoms with Gasteiger partial charge in [-0.15, -0.1) is 0 Å². The largest absolute Gasteiger partial charge is 0.497 e. The number of anilines is 2. The van der Waals surface area contributed by atoms with E-state index in [1.54, 1.807) is 19.6 Å². The molecule has 0 spiro atoms. The molecule has 26 heavy (non-hydrogen) atoms. The first kappa shape index (κ1) is 16.6. The first-order valence-electron chi connectivity index (χ1n) is 8.14. The molecule has 5 nitrogen and oxygen atoms in total. The zero-order chi connectivity index (χ0) is 18.1. The summed E-state index contributed by atoms with van der Waals surface area (Å²) in [4.78, 5) is 8.74. The summed E-state index contributed by atoms with van der Waals surface area (Å²) >= 11 is 3.49. The molecule has 6 heteroatoms. The van der Waals surface area contributed by atoms with Crippen LogP contribution in [0.1, 0.15) is 5.69 Å². The van der Waals surface area contributed by atoms with Gasteiger partial charge < -0.3 is 14.6 Å². The maximum Gasteiger partial charge on any atom is 0.123 e. The quantitative estimate of drug-likeness (QED) is 0.501. The summed E-state index contributed by atoms with van der Waals surface area (Å²) in [5, 5.41) is 4.54. The molecule has 0 aliphatic carbocycles. The number of nitrogens with one attached hydrogen (secondary N) is 1. The minimum atomic E-state index is 0.775. The van der Waals surface area contributed by atoms with Crippen LogP contribution in [0, 0.1) is 6.92 Å². The van der Waals surface area contributed by atoms with Gasteiger partial charge in [-0.05, 0) is 37.3 Å². The highest BCUT2D eigenvalue weighted by Gasteiger charge is 2.07. The monoisotopic (exact) mass is 408 g/mol. The molecule has 0 unspecified atom stereocenters. The van der Waals surface area contributed by atoms with Crippen LogP contribution in [-0.2, 0) is 0 Å². The third-order valence-electron chi connectivity index (χ3n) is 4.12. The lowest BCUT2D eigenvalue weighted by atomic mass is 10.1. The Hall–Kier alpha value is -2.86. The summed E-state index contributed by atoms with van der Waals surface area (Å²) in [6.45, 7) is 1.97. The van der Waals surface area contributed by atoms with Gasteiger partial charge in [-0.1, -0.05) is 15.9 Å². The number of halogens is 1. The highest BCUT2D eigenvalue weighted by molar-refractivity contribution is 9.10. The number of nitrogens with zero attached hydrogens (tertiary/aromatic N) is 3. The van der Waals surface area contributed by atoms with Gasteiger partial charge in [0.1, 0.15) is 5.75 Å². The zero-order valence-electron chi connectivity index (χ0n) is 14.4. The first-order chi connectivity index (χ1) is 12.6. The fourth-order valence-electron chi connectivity index (χ4n) is 2.87. The van der Waals surface area contributed by atoms with E-state index in [-0.39, 0.29) is 0 Å². The molecular weight excluding hydrogens is 392 g/mol. The lowest BCUT2D eigenvalue weighted by Crippen LogP contribution is -1.97. The van der Waals surface area contributed by atoms with Gasteiger partial charge in [0.25, 0.3) is 0 Å². The number of hydrogen-bond donors (Lipinski definition) is 1. The average molecular weight is 409 g/mol. The number of imidazole rings is 1. The van der Waals surface area contributed by atoms with Crippen LogP contribution in [0.15, 0.2) is 65.7 Å². The van der Waals surface area contributed by atoms with Gasteiger partial charge in [0.15, 0.2) is 0 Å². The summed E-state index contributed by atoms with van der Waals surface area (Å²) in [7, 11) is 1.67. The van der Waals surface area contributed by atoms with E-state index in [9.17, 15) is 0 Å². The molecule has 0 amide bonds. The van der Waals surface area contributed by atoms with Crippen molar-refractivity contribution < 1.29 is 4.74 Å². The molecule has 1 N–H and O–H groups in total. The second-order valence-corrected chi connectivity index (χ2v) is 6.90. The SMILES string of the molecule is COc1cc(Nc2ccnc3cc(Br)ccc23)cc(-n2cnc(C)c2)c1. The van der Waals surface area contributed by atoms with E-state index < -0.39 is 0 Å². The van der Waals surface area contributed by atoms with Crippen LogP contribution in [-0.4, -0.2) is 21.6 Å². The Balaban J connectivity index is 1.77. The molecule has 0 aliphatic heterocycles. The number of pyridine rings is 1. The van der Waals surface area contributed by atoms with Crippen LogP contribution in [0.3, 0.4) is 0 Å². The van der Waals surface area contributed by atoms with Crippen molar-refractivity contribution in [3.63, 3.8) is 0 Å². The van der Waals surface area contributed by atoms with E-state index >= 15 is 0 Å². The Kier molecular flexibility index (Phi) is 4.34. The van der Waals surface area contributed by atoms with E-state index in [2.05, 4.69) is 43.3 Å². The normalized spacial score (nSPS) is 10.9. The Morgan fingerprint density at radius 1 is 1.08 bits per heavy atom. The zero-order valence-corrected chi connectivity index (χ0v) is 16.0. The average Bonchev–Trinajstić information content (AvgIpc) is 3.08. The summed E-state index contributed by atoms with van der Waals surface area (Å²) in [6.07, 6.45) is 5.59. The third kappa shape index (κ3) is 3.28. The van der Waals surface area contributed by atoms with Gasteiger partial charge >= 0.3 is 0 Å². The number of rotatable bonds is 4. The second-order valence-electron chi connectivity index (χ2n) is 5.99. The molecule has 2 heterocycles. The van der Waals surface area contributed by atoms with Crippen molar-refractivity contribution in [2.75, 3.05) is 12.4 Å². The molecule has 0 radical (unpaired) electrons. The fraction of sp³-hybridized carbons (Fsp3) is 0.100. The molecule has 130 valence electrons. The predicted molar refractivity (Wildman–Crippen MR) is 108 cm³/mol. The van der Waals surface area contributed by atoms with Crippen molar-refractivity contribution in [3.05, 3.63) is 71.4 Å². The minimum Gasteiger partial charge on any atom is -0.497 e. The van der Waals surface area contributed by atoms with Crippen LogP contribution in [0.25, 0.3) is 16.6 Å². The number of aromatic nitrogens is 3. The maximum absolute atomic E-state index is 5.47. The number of methoxy groups -OCH3 is 1. The highest BCUT2D eigenvalue weighted by Crippen LogP contribution is 2.30. The van der Waals surface area contributed by atoms with E-state index in [0.717, 1.165) is 43.9 Å².